The van der Waals surface area contributed by atoms with E-state index in [1.165, 1.54) is 52.1 Å². The first-order valence-corrected chi connectivity index (χ1v) is 10.4. The van der Waals surface area contributed by atoms with Crippen molar-refractivity contribution < 1.29 is 9.53 Å². The van der Waals surface area contributed by atoms with Crippen LogP contribution in [0.15, 0.2) is 6.20 Å². The molecule has 1 rings (SSSR count). The highest BCUT2D eigenvalue weighted by atomic mass is 32.2. The van der Waals surface area contributed by atoms with E-state index in [0.717, 1.165) is 36.6 Å². The number of methoxy groups -OCH3 is 1. The molecule has 0 amide bonds. The summed E-state index contributed by atoms with van der Waals surface area (Å²) in [7, 11) is 1.45. The van der Waals surface area contributed by atoms with Gasteiger partial charge in [0.2, 0.25) is 0 Å². The Labute approximate surface area is 150 Å². The first-order chi connectivity index (χ1) is 11.8. The molecule has 24 heavy (non-hydrogen) atoms. The SMILES string of the molecule is CCCn1cc(CCCCCCCCCSCCC(=O)OC)nn1. The molecule has 0 N–H and O–H groups in total. The van der Waals surface area contributed by atoms with Crippen LogP contribution in [0.2, 0.25) is 0 Å². The van der Waals surface area contributed by atoms with E-state index in [0.29, 0.717) is 6.42 Å². The van der Waals surface area contributed by atoms with Gasteiger partial charge in [-0.3, -0.25) is 9.48 Å². The monoisotopic (exact) mass is 355 g/mol. The van der Waals surface area contributed by atoms with Crippen LogP contribution in [0, 0.1) is 0 Å². The minimum Gasteiger partial charge on any atom is -0.469 e. The lowest BCUT2D eigenvalue weighted by molar-refractivity contribution is -0.140. The van der Waals surface area contributed by atoms with Crippen LogP contribution in [-0.4, -0.2) is 39.6 Å². The Hall–Kier alpha value is -1.04. The van der Waals surface area contributed by atoms with Crippen LogP contribution in [0.5, 0.6) is 0 Å². The zero-order valence-electron chi connectivity index (χ0n) is 15.3. The third kappa shape index (κ3) is 10.7. The molecule has 0 aliphatic heterocycles. The van der Waals surface area contributed by atoms with Crippen LogP contribution in [0.3, 0.4) is 0 Å². The van der Waals surface area contributed by atoms with Gasteiger partial charge in [-0.05, 0) is 31.4 Å². The Morgan fingerprint density at radius 2 is 1.83 bits per heavy atom. The van der Waals surface area contributed by atoms with Gasteiger partial charge in [-0.2, -0.15) is 11.8 Å². The summed E-state index contributed by atoms with van der Waals surface area (Å²) in [6.07, 6.45) is 13.8. The molecule has 1 aromatic rings. The van der Waals surface area contributed by atoms with Gasteiger partial charge in [0.15, 0.2) is 0 Å². The predicted octanol–water partition coefficient (Wildman–Crippen LogP) is 4.26. The van der Waals surface area contributed by atoms with E-state index in [1.807, 2.05) is 16.4 Å². The standard InChI is InChI=1S/C18H33N3O2S/c1-3-13-21-16-17(19-20-21)11-9-7-5-4-6-8-10-14-24-15-12-18(22)23-2/h16H,3-15H2,1-2H3. The summed E-state index contributed by atoms with van der Waals surface area (Å²) in [5, 5.41) is 8.34. The zero-order chi connectivity index (χ0) is 17.5. The molecule has 0 aromatic carbocycles. The van der Waals surface area contributed by atoms with E-state index in [1.54, 1.807) is 0 Å². The summed E-state index contributed by atoms with van der Waals surface area (Å²) in [6.45, 7) is 3.12. The fourth-order valence-electron chi connectivity index (χ4n) is 2.55. The minimum atomic E-state index is -0.101. The second-order valence-corrected chi connectivity index (χ2v) is 7.36. The molecule has 0 bridgehead atoms. The van der Waals surface area contributed by atoms with Crippen molar-refractivity contribution in [3.05, 3.63) is 11.9 Å². The van der Waals surface area contributed by atoms with Gasteiger partial charge < -0.3 is 4.74 Å². The van der Waals surface area contributed by atoms with Gasteiger partial charge in [0.25, 0.3) is 0 Å². The highest BCUT2D eigenvalue weighted by Crippen LogP contribution is 2.12. The van der Waals surface area contributed by atoms with E-state index < -0.39 is 0 Å². The van der Waals surface area contributed by atoms with Crippen LogP contribution in [0.4, 0.5) is 0 Å². The van der Waals surface area contributed by atoms with E-state index in [-0.39, 0.29) is 5.97 Å². The summed E-state index contributed by atoms with van der Waals surface area (Å²) < 4.78 is 6.56. The summed E-state index contributed by atoms with van der Waals surface area (Å²) in [5.74, 6) is 1.94. The maximum Gasteiger partial charge on any atom is 0.306 e. The van der Waals surface area contributed by atoms with Crippen molar-refractivity contribution >= 4 is 17.7 Å². The van der Waals surface area contributed by atoms with Crippen molar-refractivity contribution in [2.45, 2.75) is 77.7 Å². The van der Waals surface area contributed by atoms with Gasteiger partial charge in [0, 0.05) is 18.5 Å². The first kappa shape index (κ1) is 21.0. The molecule has 0 saturated heterocycles. The number of thioether (sulfide) groups is 1. The maximum absolute atomic E-state index is 10.9. The molecule has 0 spiro atoms. The summed E-state index contributed by atoms with van der Waals surface area (Å²) in [5.41, 5.74) is 1.13. The number of aromatic nitrogens is 3. The second-order valence-electron chi connectivity index (χ2n) is 6.14. The van der Waals surface area contributed by atoms with Crippen molar-refractivity contribution in [2.75, 3.05) is 18.6 Å². The number of nitrogens with zero attached hydrogens (tertiary/aromatic N) is 3. The predicted molar refractivity (Wildman–Crippen MR) is 100 cm³/mol. The molecule has 0 saturated carbocycles. The number of aryl methyl sites for hydroxylation is 2. The molecule has 6 heteroatoms. The lowest BCUT2D eigenvalue weighted by atomic mass is 10.1. The number of hydrogen-bond acceptors (Lipinski definition) is 5. The number of hydrogen-bond donors (Lipinski definition) is 0. The quantitative estimate of drug-likeness (QED) is 0.347. The Morgan fingerprint density at radius 3 is 2.54 bits per heavy atom. The highest BCUT2D eigenvalue weighted by Gasteiger charge is 2.01. The smallest absolute Gasteiger partial charge is 0.306 e. The fourth-order valence-corrected chi connectivity index (χ4v) is 3.47. The Bertz CT molecular complexity index is 438. The molecule has 0 atom stereocenters. The van der Waals surface area contributed by atoms with Crippen molar-refractivity contribution in [1.82, 2.24) is 15.0 Å². The molecular weight excluding hydrogens is 322 g/mol. The van der Waals surface area contributed by atoms with E-state index in [4.69, 9.17) is 0 Å². The average Bonchev–Trinajstić information content (AvgIpc) is 3.03. The lowest BCUT2D eigenvalue weighted by Crippen LogP contribution is -2.01. The number of unbranched alkanes of at least 4 members (excludes halogenated alkanes) is 6. The van der Waals surface area contributed by atoms with Crippen LogP contribution in [-0.2, 0) is 22.5 Å². The summed E-state index contributed by atoms with van der Waals surface area (Å²) >= 11 is 1.86. The molecule has 0 aliphatic carbocycles. The lowest BCUT2D eigenvalue weighted by Gasteiger charge is -2.02. The number of esters is 1. The molecule has 5 nitrogen and oxygen atoms in total. The normalized spacial score (nSPS) is 10.9. The first-order valence-electron chi connectivity index (χ1n) is 9.29. The minimum absolute atomic E-state index is 0.101. The van der Waals surface area contributed by atoms with Gasteiger partial charge >= 0.3 is 5.97 Å². The summed E-state index contributed by atoms with van der Waals surface area (Å²) in [4.78, 5) is 10.9. The topological polar surface area (TPSA) is 57.0 Å². The third-order valence-electron chi connectivity index (χ3n) is 3.94. The highest BCUT2D eigenvalue weighted by molar-refractivity contribution is 7.99. The maximum atomic E-state index is 10.9. The largest absolute Gasteiger partial charge is 0.469 e. The average molecular weight is 356 g/mol. The van der Waals surface area contributed by atoms with E-state index in [2.05, 4.69) is 28.2 Å². The van der Waals surface area contributed by atoms with Gasteiger partial charge in [-0.15, -0.1) is 5.10 Å². The van der Waals surface area contributed by atoms with Crippen molar-refractivity contribution in [2.24, 2.45) is 0 Å². The van der Waals surface area contributed by atoms with Crippen molar-refractivity contribution in [1.29, 1.82) is 0 Å². The van der Waals surface area contributed by atoms with Crippen LogP contribution < -0.4 is 0 Å². The van der Waals surface area contributed by atoms with E-state index in [9.17, 15) is 4.79 Å². The molecule has 0 aliphatic rings. The molecule has 0 fully saturated rings. The Balaban J connectivity index is 1.82. The molecule has 1 aromatic heterocycles. The molecule has 1 heterocycles. The van der Waals surface area contributed by atoms with Crippen LogP contribution in [0.1, 0.15) is 70.4 Å². The molecule has 138 valence electrons. The van der Waals surface area contributed by atoms with Crippen LogP contribution >= 0.6 is 11.8 Å². The number of ether oxygens (including phenoxy) is 1. The van der Waals surface area contributed by atoms with Gasteiger partial charge in [0.05, 0.1) is 19.2 Å². The number of rotatable bonds is 15. The van der Waals surface area contributed by atoms with Gasteiger partial charge in [-0.25, -0.2) is 0 Å². The Kier molecular flexibility index (Phi) is 12.5. The van der Waals surface area contributed by atoms with Crippen molar-refractivity contribution in [3.63, 3.8) is 0 Å². The third-order valence-corrected chi connectivity index (χ3v) is 5.01. The molecular formula is C18H33N3O2S. The zero-order valence-corrected chi connectivity index (χ0v) is 16.2. The number of carbonyl (C=O) groups excluding carboxylic acids is 1. The Morgan fingerprint density at radius 1 is 1.12 bits per heavy atom. The van der Waals surface area contributed by atoms with Crippen LogP contribution in [0.25, 0.3) is 0 Å². The van der Waals surface area contributed by atoms with Crippen molar-refractivity contribution in [3.8, 4) is 0 Å². The second kappa shape index (κ2) is 14.3. The summed E-state index contributed by atoms with van der Waals surface area (Å²) in [6, 6.07) is 0. The van der Waals surface area contributed by atoms with Gasteiger partial charge in [-0.1, -0.05) is 44.2 Å². The molecule has 0 unspecified atom stereocenters. The van der Waals surface area contributed by atoms with E-state index >= 15 is 0 Å². The molecule has 0 radical (unpaired) electrons. The fraction of sp³-hybridized carbons (Fsp3) is 0.833. The number of carbonyl (C=O) groups is 1. The van der Waals surface area contributed by atoms with Gasteiger partial charge in [0.1, 0.15) is 0 Å².